The minimum Gasteiger partial charge on any atom is -0.374 e. The summed E-state index contributed by atoms with van der Waals surface area (Å²) >= 11 is 0. The smallest absolute Gasteiger partial charge is 0.271 e. The Hall–Kier alpha value is -2.89. The van der Waals surface area contributed by atoms with Gasteiger partial charge in [-0.2, -0.15) is 0 Å². The van der Waals surface area contributed by atoms with Crippen LogP contribution in [0.1, 0.15) is 51.1 Å². The summed E-state index contributed by atoms with van der Waals surface area (Å²) in [7, 11) is 0. The second-order valence-corrected chi connectivity index (χ2v) is 8.75. The topological polar surface area (TPSA) is 78.1 Å². The Balaban J connectivity index is 1.30. The second-order valence-electron chi connectivity index (χ2n) is 8.75. The molecule has 0 atom stereocenters. The third kappa shape index (κ3) is 5.43. The summed E-state index contributed by atoms with van der Waals surface area (Å²) in [5, 5.41) is 3.30. The first-order valence-electron chi connectivity index (χ1n) is 11.5. The summed E-state index contributed by atoms with van der Waals surface area (Å²) in [4.78, 5) is 33.6. The molecule has 4 rings (SSSR count). The molecule has 1 saturated carbocycles. The van der Waals surface area contributed by atoms with E-state index in [0.717, 1.165) is 35.6 Å². The third-order valence-electron chi connectivity index (χ3n) is 6.42. The van der Waals surface area contributed by atoms with Crippen LogP contribution in [0.5, 0.6) is 0 Å². The van der Waals surface area contributed by atoms with Crippen LogP contribution in [0.2, 0.25) is 0 Å². The Labute approximate surface area is 183 Å². The van der Waals surface area contributed by atoms with Crippen molar-refractivity contribution in [3.63, 3.8) is 0 Å². The van der Waals surface area contributed by atoms with Crippen molar-refractivity contribution >= 4 is 11.6 Å². The van der Waals surface area contributed by atoms with E-state index in [4.69, 9.17) is 0 Å². The van der Waals surface area contributed by atoms with Gasteiger partial charge in [-0.3, -0.25) is 14.6 Å². The van der Waals surface area contributed by atoms with E-state index in [9.17, 15) is 9.59 Å². The Bertz CT molecular complexity index is 985. The Kier molecular flexibility index (Phi) is 6.85. The maximum atomic E-state index is 12.4. The highest BCUT2D eigenvalue weighted by Gasteiger charge is 2.29. The highest BCUT2D eigenvalue weighted by Crippen LogP contribution is 2.26. The number of likely N-dealkylation sites (tertiary alicyclic amines) is 1. The second kappa shape index (κ2) is 9.94. The molecule has 0 unspecified atom stereocenters. The van der Waals surface area contributed by atoms with E-state index in [0.29, 0.717) is 18.8 Å². The zero-order chi connectivity index (χ0) is 21.6. The standard InChI is InChI=1S/C25H32N4O2/c1-2-21-13-19(11-12-26-21)20-14-23(25(31)27-15-20)28-22-16-29(17-22)24(30)10-6-9-18-7-4-3-5-8-18/h6,10-15,18,22,28H,2-5,7-9,16-17H2,1H3,(H,27,31)/b10-6+. The van der Waals surface area contributed by atoms with Crippen molar-refractivity contribution in [2.45, 2.75) is 57.9 Å². The monoisotopic (exact) mass is 420 g/mol. The van der Waals surface area contributed by atoms with Gasteiger partial charge in [-0.05, 0) is 48.6 Å². The summed E-state index contributed by atoms with van der Waals surface area (Å²) in [5.74, 6) is 0.816. The van der Waals surface area contributed by atoms with Crippen molar-refractivity contribution in [1.29, 1.82) is 0 Å². The van der Waals surface area contributed by atoms with Crippen LogP contribution in [-0.2, 0) is 11.2 Å². The number of hydrogen-bond donors (Lipinski definition) is 2. The molecular formula is C25H32N4O2. The molecule has 3 heterocycles. The van der Waals surface area contributed by atoms with E-state index in [2.05, 4.69) is 22.2 Å². The molecule has 6 nitrogen and oxygen atoms in total. The molecule has 31 heavy (non-hydrogen) atoms. The average molecular weight is 421 g/mol. The van der Waals surface area contributed by atoms with Gasteiger partial charge in [0.2, 0.25) is 5.91 Å². The van der Waals surface area contributed by atoms with Crippen LogP contribution in [0.4, 0.5) is 5.69 Å². The molecule has 1 saturated heterocycles. The predicted octanol–water partition coefficient (Wildman–Crippen LogP) is 4.15. The van der Waals surface area contributed by atoms with Crippen LogP contribution in [0, 0.1) is 5.92 Å². The number of aromatic nitrogens is 2. The molecule has 0 spiro atoms. The number of rotatable bonds is 7. The number of carbonyl (C=O) groups is 1. The minimum atomic E-state index is -0.148. The minimum absolute atomic E-state index is 0.0698. The Morgan fingerprint density at radius 2 is 2.03 bits per heavy atom. The highest BCUT2D eigenvalue weighted by atomic mass is 16.2. The van der Waals surface area contributed by atoms with E-state index in [1.807, 2.05) is 29.2 Å². The number of amides is 1. The van der Waals surface area contributed by atoms with Gasteiger partial charge >= 0.3 is 0 Å². The largest absolute Gasteiger partial charge is 0.374 e. The van der Waals surface area contributed by atoms with Crippen LogP contribution in [0.3, 0.4) is 0 Å². The lowest BCUT2D eigenvalue weighted by atomic mass is 9.87. The molecule has 2 aromatic rings. The van der Waals surface area contributed by atoms with Gasteiger partial charge in [0.05, 0.1) is 6.04 Å². The zero-order valence-electron chi connectivity index (χ0n) is 18.3. The summed E-state index contributed by atoms with van der Waals surface area (Å²) in [6, 6.07) is 5.96. The van der Waals surface area contributed by atoms with Gasteiger partial charge in [0, 0.05) is 36.7 Å². The molecule has 2 fully saturated rings. The van der Waals surface area contributed by atoms with Crippen LogP contribution < -0.4 is 10.9 Å². The molecular weight excluding hydrogens is 388 g/mol. The maximum absolute atomic E-state index is 12.4. The van der Waals surface area contributed by atoms with Crippen LogP contribution in [0.25, 0.3) is 11.1 Å². The van der Waals surface area contributed by atoms with Gasteiger partial charge in [0.25, 0.3) is 5.56 Å². The number of nitrogens with one attached hydrogen (secondary N) is 2. The number of pyridine rings is 2. The lowest BCUT2D eigenvalue weighted by Gasteiger charge is -2.39. The first kappa shape index (κ1) is 21.3. The summed E-state index contributed by atoms with van der Waals surface area (Å²) in [6.07, 6.45) is 15.8. The van der Waals surface area contributed by atoms with Crippen LogP contribution >= 0.6 is 0 Å². The first-order valence-corrected chi connectivity index (χ1v) is 11.5. The Morgan fingerprint density at radius 3 is 2.81 bits per heavy atom. The highest BCUT2D eigenvalue weighted by molar-refractivity contribution is 5.88. The Morgan fingerprint density at radius 1 is 1.23 bits per heavy atom. The van der Waals surface area contributed by atoms with Crippen molar-refractivity contribution < 1.29 is 4.79 Å². The van der Waals surface area contributed by atoms with Gasteiger partial charge in [-0.1, -0.05) is 45.1 Å². The van der Waals surface area contributed by atoms with Gasteiger partial charge in [0.1, 0.15) is 5.69 Å². The molecule has 2 aromatic heterocycles. The van der Waals surface area contributed by atoms with E-state index < -0.39 is 0 Å². The van der Waals surface area contributed by atoms with Gasteiger partial charge in [-0.15, -0.1) is 0 Å². The fourth-order valence-corrected chi connectivity index (χ4v) is 4.47. The third-order valence-corrected chi connectivity index (χ3v) is 6.42. The molecule has 0 bridgehead atoms. The SMILES string of the molecule is CCc1cc(-c2c[nH]c(=O)c(NC3CN(C(=O)/C=C/CC4CCCCC4)C3)c2)ccn1. The van der Waals surface area contributed by atoms with Gasteiger partial charge < -0.3 is 15.2 Å². The lowest BCUT2D eigenvalue weighted by Crippen LogP contribution is -2.57. The quantitative estimate of drug-likeness (QED) is 0.660. The van der Waals surface area contributed by atoms with Crippen molar-refractivity contribution in [2.75, 3.05) is 18.4 Å². The zero-order valence-corrected chi connectivity index (χ0v) is 18.3. The first-order chi connectivity index (χ1) is 15.1. The van der Waals surface area contributed by atoms with Crippen LogP contribution in [-0.4, -0.2) is 39.9 Å². The fraction of sp³-hybridized carbons (Fsp3) is 0.480. The summed E-state index contributed by atoms with van der Waals surface area (Å²) in [5.41, 5.74) is 3.38. The molecule has 1 aliphatic carbocycles. The summed E-state index contributed by atoms with van der Waals surface area (Å²) in [6.45, 7) is 3.30. The van der Waals surface area contributed by atoms with E-state index >= 15 is 0 Å². The molecule has 2 aliphatic rings. The van der Waals surface area contributed by atoms with Crippen molar-refractivity contribution in [3.05, 3.63) is 58.8 Å². The van der Waals surface area contributed by atoms with Gasteiger partial charge in [0.15, 0.2) is 0 Å². The number of anilines is 1. The van der Waals surface area contributed by atoms with Gasteiger partial charge in [-0.25, -0.2) is 0 Å². The molecule has 164 valence electrons. The molecule has 0 radical (unpaired) electrons. The molecule has 2 N–H and O–H groups in total. The average Bonchev–Trinajstić information content (AvgIpc) is 2.77. The van der Waals surface area contributed by atoms with Crippen molar-refractivity contribution in [3.8, 4) is 11.1 Å². The number of aryl methyl sites for hydroxylation is 1. The summed E-state index contributed by atoms with van der Waals surface area (Å²) < 4.78 is 0. The molecule has 0 aromatic carbocycles. The predicted molar refractivity (Wildman–Crippen MR) is 124 cm³/mol. The molecule has 1 amide bonds. The number of nitrogens with zero attached hydrogens (tertiary/aromatic N) is 2. The molecule has 1 aliphatic heterocycles. The van der Waals surface area contributed by atoms with E-state index in [1.54, 1.807) is 18.5 Å². The number of H-pyrrole nitrogens is 1. The normalized spacial score (nSPS) is 17.6. The number of aromatic amines is 1. The number of hydrogen-bond acceptors (Lipinski definition) is 4. The number of carbonyl (C=O) groups excluding carboxylic acids is 1. The maximum Gasteiger partial charge on any atom is 0.271 e. The lowest BCUT2D eigenvalue weighted by molar-refractivity contribution is -0.129. The fourth-order valence-electron chi connectivity index (χ4n) is 4.47. The van der Waals surface area contributed by atoms with E-state index in [1.165, 1.54) is 32.1 Å². The van der Waals surface area contributed by atoms with E-state index in [-0.39, 0.29) is 17.5 Å². The molecule has 6 heteroatoms. The van der Waals surface area contributed by atoms with Crippen LogP contribution in [0.15, 0.2) is 47.5 Å². The van der Waals surface area contributed by atoms with Crippen molar-refractivity contribution in [2.24, 2.45) is 5.92 Å². The van der Waals surface area contributed by atoms with Crippen molar-refractivity contribution in [1.82, 2.24) is 14.9 Å². The number of allylic oxidation sites excluding steroid dienone is 1.